The number of hydrogen-bond acceptors (Lipinski definition) is 4. The summed E-state index contributed by atoms with van der Waals surface area (Å²) in [5, 5.41) is 1.39. The van der Waals surface area contributed by atoms with E-state index in [-0.39, 0.29) is 0 Å². The SMILES string of the molecule is COc1nc(Cl)c(-c2c(F)cc(F)cc2F)c(N[C@@H](C)C(F)(F)F)n1. The number of nitrogens with zero attached hydrogens (tertiary/aromatic N) is 2. The molecule has 0 saturated heterocycles. The van der Waals surface area contributed by atoms with E-state index in [0.717, 1.165) is 14.0 Å². The first-order valence-electron chi connectivity index (χ1n) is 6.64. The number of anilines is 1. The molecular formula is C14H10ClF6N3O. The van der Waals surface area contributed by atoms with Crippen molar-refractivity contribution in [1.82, 2.24) is 9.97 Å². The van der Waals surface area contributed by atoms with Gasteiger partial charge < -0.3 is 10.1 Å². The lowest BCUT2D eigenvalue weighted by atomic mass is 10.1. The molecule has 0 aliphatic rings. The summed E-state index contributed by atoms with van der Waals surface area (Å²) in [4.78, 5) is 7.22. The predicted octanol–water partition coefficient (Wildman–Crippen LogP) is 4.59. The van der Waals surface area contributed by atoms with E-state index in [0.29, 0.717) is 12.1 Å². The van der Waals surface area contributed by atoms with Gasteiger partial charge >= 0.3 is 12.2 Å². The highest BCUT2D eigenvalue weighted by Gasteiger charge is 2.37. The van der Waals surface area contributed by atoms with E-state index in [4.69, 9.17) is 16.3 Å². The van der Waals surface area contributed by atoms with Crippen LogP contribution < -0.4 is 10.1 Å². The zero-order chi connectivity index (χ0) is 18.9. The molecule has 0 bridgehead atoms. The summed E-state index contributed by atoms with van der Waals surface area (Å²) in [6.07, 6.45) is -4.68. The maximum absolute atomic E-state index is 14.0. The van der Waals surface area contributed by atoms with Crippen molar-refractivity contribution in [2.24, 2.45) is 0 Å². The van der Waals surface area contributed by atoms with Gasteiger partial charge in [0.05, 0.1) is 18.2 Å². The normalized spacial score (nSPS) is 12.8. The molecule has 0 aliphatic carbocycles. The molecule has 11 heteroatoms. The monoisotopic (exact) mass is 385 g/mol. The molecule has 1 aromatic heterocycles. The maximum atomic E-state index is 14.0. The van der Waals surface area contributed by atoms with Gasteiger partial charge in [0.25, 0.3) is 0 Å². The van der Waals surface area contributed by atoms with Crippen LogP contribution in [0.25, 0.3) is 11.1 Å². The van der Waals surface area contributed by atoms with Crippen LogP contribution in [0.15, 0.2) is 12.1 Å². The van der Waals surface area contributed by atoms with Gasteiger partial charge in [-0.3, -0.25) is 0 Å². The Balaban J connectivity index is 2.69. The molecule has 0 saturated carbocycles. The number of halogens is 7. The third-order valence-corrected chi connectivity index (χ3v) is 3.40. The second kappa shape index (κ2) is 6.95. The number of rotatable bonds is 4. The van der Waals surface area contributed by atoms with Gasteiger partial charge in [0.2, 0.25) is 0 Å². The topological polar surface area (TPSA) is 47.0 Å². The fraction of sp³-hybridized carbons (Fsp3) is 0.286. The van der Waals surface area contributed by atoms with Crippen LogP contribution in [-0.2, 0) is 0 Å². The third kappa shape index (κ3) is 4.06. The molecule has 25 heavy (non-hydrogen) atoms. The van der Waals surface area contributed by atoms with Gasteiger partial charge in [0, 0.05) is 12.1 Å². The number of aromatic nitrogens is 2. The van der Waals surface area contributed by atoms with E-state index in [2.05, 4.69) is 9.97 Å². The van der Waals surface area contributed by atoms with Gasteiger partial charge in [-0.1, -0.05) is 11.6 Å². The standard InChI is InChI=1S/C14H10ClF6N3O/c1-5(14(19,20)21)22-12-10(11(15)23-13(24-12)25-2)9-7(17)3-6(16)4-8(9)18/h3-5H,1-2H3,(H,22,23,24)/t5-/m0/s1. The first-order valence-corrected chi connectivity index (χ1v) is 7.02. The van der Waals surface area contributed by atoms with Gasteiger partial charge in [-0.15, -0.1) is 0 Å². The number of methoxy groups -OCH3 is 1. The minimum atomic E-state index is -4.68. The largest absolute Gasteiger partial charge is 0.467 e. The minimum Gasteiger partial charge on any atom is -0.467 e. The van der Waals surface area contributed by atoms with Crippen molar-refractivity contribution in [2.75, 3.05) is 12.4 Å². The lowest BCUT2D eigenvalue weighted by Crippen LogP contribution is -2.33. The summed E-state index contributed by atoms with van der Waals surface area (Å²) in [5.74, 6) is -4.58. The average Bonchev–Trinajstić information content (AvgIpc) is 2.47. The van der Waals surface area contributed by atoms with Crippen LogP contribution in [0.1, 0.15) is 6.92 Å². The molecular weight excluding hydrogens is 376 g/mol. The average molecular weight is 386 g/mol. The van der Waals surface area contributed by atoms with Crippen LogP contribution in [-0.4, -0.2) is 29.3 Å². The Morgan fingerprint density at radius 1 is 1.08 bits per heavy atom. The molecule has 0 radical (unpaired) electrons. The molecule has 2 rings (SSSR count). The minimum absolute atomic E-state index is 0.357. The highest BCUT2D eigenvalue weighted by molar-refractivity contribution is 6.32. The Kier molecular flexibility index (Phi) is 5.31. The first-order chi connectivity index (χ1) is 11.5. The fourth-order valence-corrected chi connectivity index (χ4v) is 2.16. The number of alkyl halides is 3. The zero-order valence-corrected chi connectivity index (χ0v) is 13.4. The van der Waals surface area contributed by atoms with Gasteiger partial charge in [-0.2, -0.15) is 23.1 Å². The molecule has 1 aromatic carbocycles. The summed E-state index contributed by atoms with van der Waals surface area (Å²) in [6, 6.07) is -1.84. The highest BCUT2D eigenvalue weighted by Crippen LogP contribution is 2.38. The van der Waals surface area contributed by atoms with Crippen LogP contribution in [0.5, 0.6) is 6.01 Å². The Labute approximate surface area is 142 Å². The molecule has 136 valence electrons. The summed E-state index contributed by atoms with van der Waals surface area (Å²) in [6.45, 7) is 0.768. The summed E-state index contributed by atoms with van der Waals surface area (Å²) < 4.78 is 84.2. The molecule has 4 nitrogen and oxygen atoms in total. The summed E-state index contributed by atoms with van der Waals surface area (Å²) in [5.41, 5.74) is -1.46. The quantitative estimate of drug-likeness (QED) is 0.618. The van der Waals surface area contributed by atoms with Crippen molar-refractivity contribution in [3.8, 4) is 17.1 Å². The third-order valence-electron chi connectivity index (χ3n) is 3.13. The van der Waals surface area contributed by atoms with Crippen molar-refractivity contribution in [3.63, 3.8) is 0 Å². The predicted molar refractivity (Wildman–Crippen MR) is 78.0 cm³/mol. The molecule has 1 atom stereocenters. The van der Waals surface area contributed by atoms with E-state index in [1.165, 1.54) is 0 Å². The number of hydrogen-bond donors (Lipinski definition) is 1. The fourth-order valence-electron chi connectivity index (χ4n) is 1.90. The van der Waals surface area contributed by atoms with Crippen LogP contribution in [0, 0.1) is 17.5 Å². The lowest BCUT2D eigenvalue weighted by molar-refractivity contribution is -0.138. The smallest absolute Gasteiger partial charge is 0.408 e. The second-order valence-corrected chi connectivity index (χ2v) is 5.23. The summed E-state index contributed by atoms with van der Waals surface area (Å²) in [7, 11) is 1.13. The molecule has 1 heterocycles. The molecule has 0 aliphatic heterocycles. The van der Waals surface area contributed by atoms with Crippen molar-refractivity contribution >= 4 is 17.4 Å². The van der Waals surface area contributed by atoms with Crippen molar-refractivity contribution < 1.29 is 31.1 Å². The van der Waals surface area contributed by atoms with Crippen LogP contribution in [0.4, 0.5) is 32.2 Å². The Morgan fingerprint density at radius 3 is 2.12 bits per heavy atom. The Morgan fingerprint density at radius 2 is 1.64 bits per heavy atom. The molecule has 0 unspecified atom stereocenters. The number of ether oxygens (including phenoxy) is 1. The molecule has 0 spiro atoms. The van der Waals surface area contributed by atoms with Crippen molar-refractivity contribution in [1.29, 1.82) is 0 Å². The number of nitrogens with one attached hydrogen (secondary N) is 1. The van der Waals surface area contributed by atoms with Crippen LogP contribution in [0.3, 0.4) is 0 Å². The Hall–Kier alpha value is -2.23. The van der Waals surface area contributed by atoms with Gasteiger partial charge in [-0.25, -0.2) is 13.2 Å². The molecule has 2 aromatic rings. The van der Waals surface area contributed by atoms with E-state index >= 15 is 0 Å². The Bertz CT molecular complexity index is 776. The molecule has 0 amide bonds. The molecule has 1 N–H and O–H groups in total. The molecule has 0 fully saturated rings. The van der Waals surface area contributed by atoms with E-state index < -0.39 is 57.8 Å². The van der Waals surface area contributed by atoms with E-state index in [1.54, 1.807) is 0 Å². The van der Waals surface area contributed by atoms with Crippen molar-refractivity contribution in [2.45, 2.75) is 19.1 Å². The van der Waals surface area contributed by atoms with E-state index in [9.17, 15) is 26.3 Å². The van der Waals surface area contributed by atoms with E-state index in [1.807, 2.05) is 5.32 Å². The van der Waals surface area contributed by atoms with Crippen LogP contribution >= 0.6 is 11.6 Å². The lowest BCUT2D eigenvalue weighted by Gasteiger charge is -2.20. The first kappa shape index (κ1) is 19.1. The highest BCUT2D eigenvalue weighted by atomic mass is 35.5. The second-order valence-electron chi connectivity index (χ2n) is 4.88. The van der Waals surface area contributed by atoms with Gasteiger partial charge in [0.1, 0.15) is 34.5 Å². The van der Waals surface area contributed by atoms with Gasteiger partial charge in [-0.05, 0) is 6.92 Å². The van der Waals surface area contributed by atoms with Gasteiger partial charge in [0.15, 0.2) is 0 Å². The van der Waals surface area contributed by atoms with Crippen LogP contribution in [0.2, 0.25) is 5.15 Å². The number of benzene rings is 1. The maximum Gasteiger partial charge on any atom is 0.408 e. The zero-order valence-electron chi connectivity index (χ0n) is 12.7. The van der Waals surface area contributed by atoms with Crippen molar-refractivity contribution in [3.05, 3.63) is 34.7 Å². The summed E-state index contributed by atoms with van der Waals surface area (Å²) >= 11 is 5.85.